The van der Waals surface area contributed by atoms with E-state index in [0.717, 1.165) is 4.90 Å². The summed E-state index contributed by atoms with van der Waals surface area (Å²) in [6.07, 6.45) is -0.995. The van der Waals surface area contributed by atoms with Gasteiger partial charge in [-0.3, -0.25) is 19.7 Å². The van der Waals surface area contributed by atoms with Crippen molar-refractivity contribution in [3.05, 3.63) is 57.6 Å². The lowest BCUT2D eigenvalue weighted by Crippen LogP contribution is -2.30. The summed E-state index contributed by atoms with van der Waals surface area (Å²) in [5.74, 6) is -0.483. The summed E-state index contributed by atoms with van der Waals surface area (Å²) in [7, 11) is 1.37. The van der Waals surface area contributed by atoms with E-state index in [1.807, 2.05) is 18.2 Å². The van der Waals surface area contributed by atoms with Gasteiger partial charge in [0, 0.05) is 22.8 Å². The molecule has 0 aliphatic rings. The van der Waals surface area contributed by atoms with Crippen molar-refractivity contribution in [3.63, 3.8) is 0 Å². The Kier molecular flexibility index (Phi) is 8.29. The Morgan fingerprint density at radius 2 is 2.00 bits per heavy atom. The van der Waals surface area contributed by atoms with Crippen LogP contribution in [0, 0.1) is 10.1 Å². The van der Waals surface area contributed by atoms with Gasteiger partial charge in [-0.15, -0.1) is 11.8 Å². The fourth-order valence-electron chi connectivity index (χ4n) is 2.26. The molecular formula is C19H19ClN2O6S. The molecule has 0 bridgehead atoms. The van der Waals surface area contributed by atoms with Gasteiger partial charge in [0.15, 0.2) is 6.10 Å². The maximum Gasteiger partial charge on any atom is 0.307 e. The monoisotopic (exact) mass is 438 g/mol. The summed E-state index contributed by atoms with van der Waals surface area (Å²) in [6.45, 7) is 1.41. The summed E-state index contributed by atoms with van der Waals surface area (Å²) >= 11 is 7.46. The van der Waals surface area contributed by atoms with E-state index in [4.69, 9.17) is 21.1 Å². The Morgan fingerprint density at radius 3 is 2.66 bits per heavy atom. The molecule has 0 saturated carbocycles. The fourth-order valence-corrected chi connectivity index (χ4v) is 3.43. The van der Waals surface area contributed by atoms with E-state index in [-0.39, 0.29) is 23.5 Å². The van der Waals surface area contributed by atoms with Crippen LogP contribution in [0.2, 0.25) is 5.02 Å². The van der Waals surface area contributed by atoms with Gasteiger partial charge in [-0.05, 0) is 25.1 Å². The van der Waals surface area contributed by atoms with Crippen molar-refractivity contribution in [3.8, 4) is 5.75 Å². The predicted molar refractivity (Wildman–Crippen MR) is 111 cm³/mol. The molecule has 0 radical (unpaired) electrons. The van der Waals surface area contributed by atoms with Gasteiger partial charge in [-0.25, -0.2) is 0 Å². The first kappa shape index (κ1) is 22.5. The quantitative estimate of drug-likeness (QED) is 0.269. The third-order valence-electron chi connectivity index (χ3n) is 3.73. The molecule has 154 valence electrons. The summed E-state index contributed by atoms with van der Waals surface area (Å²) in [6, 6.07) is 11.1. The van der Waals surface area contributed by atoms with Gasteiger partial charge in [0.05, 0.1) is 29.2 Å². The van der Waals surface area contributed by atoms with Crippen molar-refractivity contribution in [1.82, 2.24) is 0 Å². The molecule has 0 aliphatic heterocycles. The first-order valence-electron chi connectivity index (χ1n) is 8.52. The number of nitrogens with zero attached hydrogens (tertiary/aromatic N) is 1. The lowest BCUT2D eigenvalue weighted by molar-refractivity contribution is -0.384. The molecule has 8 nitrogen and oxygen atoms in total. The van der Waals surface area contributed by atoms with Crippen LogP contribution < -0.4 is 10.1 Å². The zero-order chi connectivity index (χ0) is 21.4. The Labute approximate surface area is 176 Å². The van der Waals surface area contributed by atoms with Crippen molar-refractivity contribution in [2.75, 3.05) is 18.2 Å². The van der Waals surface area contributed by atoms with E-state index in [1.165, 1.54) is 44.0 Å². The number of esters is 1. The minimum Gasteiger partial charge on any atom is -0.495 e. The van der Waals surface area contributed by atoms with Crippen LogP contribution >= 0.6 is 23.4 Å². The molecule has 0 saturated heterocycles. The number of halogens is 1. The molecule has 1 atom stereocenters. The van der Waals surface area contributed by atoms with Crippen LogP contribution in [0.5, 0.6) is 5.75 Å². The normalized spacial score (nSPS) is 11.4. The smallest absolute Gasteiger partial charge is 0.307 e. The SMILES string of the molecule is COc1ccc([N+](=O)[O-])cc1NC(=O)[C@H](C)OC(=O)CCSc1ccccc1Cl. The van der Waals surface area contributed by atoms with E-state index in [2.05, 4.69) is 5.32 Å². The highest BCUT2D eigenvalue weighted by molar-refractivity contribution is 7.99. The van der Waals surface area contributed by atoms with Crippen LogP contribution in [0.25, 0.3) is 0 Å². The number of ether oxygens (including phenoxy) is 2. The second-order valence-corrected chi connectivity index (χ2v) is 7.34. The highest BCUT2D eigenvalue weighted by Gasteiger charge is 2.20. The maximum atomic E-state index is 12.3. The van der Waals surface area contributed by atoms with Crippen LogP contribution in [-0.4, -0.2) is 35.8 Å². The van der Waals surface area contributed by atoms with Gasteiger partial charge >= 0.3 is 5.97 Å². The van der Waals surface area contributed by atoms with Gasteiger partial charge in [-0.1, -0.05) is 23.7 Å². The summed E-state index contributed by atoms with van der Waals surface area (Å²) < 4.78 is 10.2. The van der Waals surface area contributed by atoms with Gasteiger partial charge in [0.25, 0.3) is 11.6 Å². The fraction of sp³-hybridized carbons (Fsp3) is 0.263. The minimum absolute atomic E-state index is 0.0909. The van der Waals surface area contributed by atoms with Crippen molar-refractivity contribution < 1.29 is 24.0 Å². The van der Waals surface area contributed by atoms with Gasteiger partial charge in [0.1, 0.15) is 5.75 Å². The van der Waals surface area contributed by atoms with Crippen LogP contribution in [-0.2, 0) is 14.3 Å². The minimum atomic E-state index is -1.09. The number of methoxy groups -OCH3 is 1. The number of non-ortho nitro benzene ring substituents is 1. The molecule has 1 amide bonds. The number of anilines is 1. The number of hydrogen-bond acceptors (Lipinski definition) is 7. The third kappa shape index (κ3) is 6.65. The molecule has 0 fully saturated rings. The zero-order valence-corrected chi connectivity index (χ0v) is 17.3. The van der Waals surface area contributed by atoms with E-state index >= 15 is 0 Å². The second-order valence-electron chi connectivity index (χ2n) is 5.79. The van der Waals surface area contributed by atoms with Crippen LogP contribution in [0.1, 0.15) is 13.3 Å². The number of amides is 1. The lowest BCUT2D eigenvalue weighted by Gasteiger charge is -2.15. The standard InChI is InChI=1S/C19H19ClN2O6S/c1-12(28-18(23)9-10-29-17-6-4-3-5-14(17)20)19(24)21-15-11-13(22(25)26)7-8-16(15)27-2/h3-8,11-12H,9-10H2,1-2H3,(H,21,24)/t12-/m0/s1. The maximum absolute atomic E-state index is 12.3. The molecule has 0 aromatic heterocycles. The van der Waals surface area contributed by atoms with Crippen LogP contribution in [0.4, 0.5) is 11.4 Å². The van der Waals surface area contributed by atoms with Gasteiger partial charge in [0.2, 0.25) is 0 Å². The molecule has 2 aromatic carbocycles. The van der Waals surface area contributed by atoms with Crippen LogP contribution in [0.3, 0.4) is 0 Å². The number of nitro benzene ring substituents is 1. The number of nitrogens with one attached hydrogen (secondary N) is 1. The highest BCUT2D eigenvalue weighted by Crippen LogP contribution is 2.29. The molecule has 2 aromatic rings. The van der Waals surface area contributed by atoms with Gasteiger partial charge < -0.3 is 14.8 Å². The van der Waals surface area contributed by atoms with E-state index in [0.29, 0.717) is 10.8 Å². The summed E-state index contributed by atoms with van der Waals surface area (Å²) in [5.41, 5.74) is -0.0915. The number of carbonyl (C=O) groups excluding carboxylic acids is 2. The average Bonchev–Trinajstić information content (AvgIpc) is 2.69. The summed E-state index contributed by atoms with van der Waals surface area (Å²) in [4.78, 5) is 35.5. The molecule has 0 aliphatic carbocycles. The molecule has 0 heterocycles. The van der Waals surface area contributed by atoms with Crippen molar-refractivity contribution in [2.24, 2.45) is 0 Å². The second kappa shape index (κ2) is 10.7. The first-order valence-corrected chi connectivity index (χ1v) is 9.88. The number of hydrogen-bond donors (Lipinski definition) is 1. The molecule has 2 rings (SSSR count). The molecule has 0 spiro atoms. The number of rotatable bonds is 9. The molecule has 0 unspecified atom stereocenters. The molecule has 1 N–H and O–H groups in total. The number of carbonyl (C=O) groups is 2. The van der Waals surface area contributed by atoms with E-state index in [1.54, 1.807) is 6.07 Å². The number of nitro groups is 1. The number of thioether (sulfide) groups is 1. The predicted octanol–water partition coefficient (Wildman–Crippen LogP) is 4.31. The Morgan fingerprint density at radius 1 is 1.28 bits per heavy atom. The summed E-state index contributed by atoms with van der Waals surface area (Å²) in [5, 5.41) is 14.0. The first-order chi connectivity index (χ1) is 13.8. The number of benzene rings is 2. The molecule has 29 heavy (non-hydrogen) atoms. The average molecular weight is 439 g/mol. The van der Waals surface area contributed by atoms with Crippen molar-refractivity contribution in [1.29, 1.82) is 0 Å². The zero-order valence-electron chi connectivity index (χ0n) is 15.7. The van der Waals surface area contributed by atoms with Crippen molar-refractivity contribution >= 4 is 46.6 Å². The molecule has 10 heteroatoms. The van der Waals surface area contributed by atoms with Gasteiger partial charge in [-0.2, -0.15) is 0 Å². The topological polar surface area (TPSA) is 108 Å². The lowest BCUT2D eigenvalue weighted by atomic mass is 10.2. The van der Waals surface area contributed by atoms with Crippen molar-refractivity contribution in [2.45, 2.75) is 24.3 Å². The Balaban J connectivity index is 1.88. The third-order valence-corrected chi connectivity index (χ3v) is 5.25. The Hall–Kier alpha value is -2.78. The largest absolute Gasteiger partial charge is 0.495 e. The van der Waals surface area contributed by atoms with E-state index < -0.39 is 22.9 Å². The van der Waals surface area contributed by atoms with Crippen LogP contribution in [0.15, 0.2) is 47.4 Å². The Bertz CT molecular complexity index is 908. The van der Waals surface area contributed by atoms with E-state index in [9.17, 15) is 19.7 Å². The molecular weight excluding hydrogens is 420 g/mol. The highest BCUT2D eigenvalue weighted by atomic mass is 35.5.